The highest BCUT2D eigenvalue weighted by atomic mass is 35.5. The van der Waals surface area contributed by atoms with E-state index < -0.39 is 0 Å². The number of rotatable bonds is 3. The fourth-order valence-corrected chi connectivity index (χ4v) is 2.86. The van der Waals surface area contributed by atoms with E-state index >= 15 is 0 Å². The number of carbonyl (C=O) groups excluding carboxylic acids is 1. The number of hydrogen-bond donors (Lipinski definition) is 2. The van der Waals surface area contributed by atoms with Gasteiger partial charge in [-0.1, -0.05) is 12.8 Å². The minimum absolute atomic E-state index is 0. The Kier molecular flexibility index (Phi) is 5.56. The highest BCUT2D eigenvalue weighted by Gasteiger charge is 2.28. The summed E-state index contributed by atoms with van der Waals surface area (Å²) in [5.74, 6) is 1.18. The van der Waals surface area contributed by atoms with Crippen LogP contribution in [0.5, 0.6) is 0 Å². The number of hydrogen-bond acceptors (Lipinski definition) is 2. The molecule has 0 radical (unpaired) electrons. The van der Waals surface area contributed by atoms with E-state index in [-0.39, 0.29) is 30.3 Å². The molecule has 94 valence electrons. The van der Waals surface area contributed by atoms with Gasteiger partial charge in [0.15, 0.2) is 0 Å². The van der Waals surface area contributed by atoms with Crippen LogP contribution in [0.4, 0.5) is 0 Å². The van der Waals surface area contributed by atoms with Gasteiger partial charge in [-0.15, -0.1) is 12.4 Å². The maximum atomic E-state index is 11.8. The summed E-state index contributed by atoms with van der Waals surface area (Å²) in [5.41, 5.74) is 5.80. The molecule has 3 N–H and O–H groups in total. The molecule has 0 aromatic heterocycles. The van der Waals surface area contributed by atoms with E-state index in [1.807, 2.05) is 0 Å². The van der Waals surface area contributed by atoms with Gasteiger partial charge in [-0.05, 0) is 38.0 Å². The van der Waals surface area contributed by atoms with Crippen molar-refractivity contribution in [3.05, 3.63) is 0 Å². The minimum Gasteiger partial charge on any atom is -0.356 e. The van der Waals surface area contributed by atoms with Crippen LogP contribution in [0.2, 0.25) is 0 Å². The lowest BCUT2D eigenvalue weighted by atomic mass is 10.1. The van der Waals surface area contributed by atoms with E-state index in [2.05, 4.69) is 5.32 Å². The van der Waals surface area contributed by atoms with Crippen molar-refractivity contribution >= 4 is 18.3 Å². The normalized spacial score (nSPS) is 30.1. The van der Waals surface area contributed by atoms with Gasteiger partial charge in [0.2, 0.25) is 5.91 Å². The number of amides is 1. The monoisotopic (exact) mass is 246 g/mol. The van der Waals surface area contributed by atoms with E-state index in [4.69, 9.17) is 5.73 Å². The van der Waals surface area contributed by atoms with Crippen LogP contribution < -0.4 is 11.1 Å². The molecule has 0 aromatic rings. The summed E-state index contributed by atoms with van der Waals surface area (Å²) in [5, 5.41) is 3.09. The molecular formula is C12H23ClN2O. The summed E-state index contributed by atoms with van der Waals surface area (Å²) < 4.78 is 0. The Bertz CT molecular complexity index is 229. The third-order valence-electron chi connectivity index (χ3n) is 3.88. The average molecular weight is 247 g/mol. The Morgan fingerprint density at radius 1 is 1.19 bits per heavy atom. The zero-order valence-electron chi connectivity index (χ0n) is 9.78. The smallest absolute Gasteiger partial charge is 0.223 e. The van der Waals surface area contributed by atoms with Crippen LogP contribution in [-0.4, -0.2) is 18.5 Å². The first-order valence-electron chi connectivity index (χ1n) is 6.29. The molecule has 2 rings (SSSR count). The number of halogens is 1. The highest BCUT2D eigenvalue weighted by Crippen LogP contribution is 2.26. The Morgan fingerprint density at radius 2 is 1.88 bits per heavy atom. The summed E-state index contributed by atoms with van der Waals surface area (Å²) in [4.78, 5) is 11.8. The second kappa shape index (κ2) is 6.45. The van der Waals surface area contributed by atoms with E-state index in [1.165, 1.54) is 25.7 Å². The van der Waals surface area contributed by atoms with E-state index in [0.717, 1.165) is 31.7 Å². The Hall–Kier alpha value is -0.280. The van der Waals surface area contributed by atoms with Crippen LogP contribution in [-0.2, 0) is 4.79 Å². The predicted molar refractivity (Wildman–Crippen MR) is 67.5 cm³/mol. The van der Waals surface area contributed by atoms with E-state index in [0.29, 0.717) is 0 Å². The van der Waals surface area contributed by atoms with Crippen molar-refractivity contribution in [1.82, 2.24) is 5.32 Å². The topological polar surface area (TPSA) is 55.1 Å². The third-order valence-corrected chi connectivity index (χ3v) is 3.88. The van der Waals surface area contributed by atoms with Crippen LogP contribution in [0.1, 0.15) is 44.9 Å². The Balaban J connectivity index is 0.00000128. The van der Waals surface area contributed by atoms with E-state index in [9.17, 15) is 4.79 Å². The summed E-state index contributed by atoms with van der Waals surface area (Å²) in [7, 11) is 0. The van der Waals surface area contributed by atoms with Gasteiger partial charge in [-0.25, -0.2) is 0 Å². The van der Waals surface area contributed by atoms with E-state index in [1.54, 1.807) is 0 Å². The molecule has 0 spiro atoms. The highest BCUT2D eigenvalue weighted by molar-refractivity contribution is 5.85. The predicted octanol–water partition coefficient (Wildman–Crippen LogP) is 1.84. The van der Waals surface area contributed by atoms with Crippen molar-refractivity contribution in [2.75, 3.05) is 6.54 Å². The molecule has 2 saturated carbocycles. The molecular weight excluding hydrogens is 224 g/mol. The zero-order chi connectivity index (χ0) is 10.7. The van der Waals surface area contributed by atoms with Crippen LogP contribution >= 0.6 is 12.4 Å². The second-order valence-corrected chi connectivity index (χ2v) is 5.17. The largest absolute Gasteiger partial charge is 0.356 e. The van der Waals surface area contributed by atoms with Crippen molar-refractivity contribution in [1.29, 1.82) is 0 Å². The van der Waals surface area contributed by atoms with Gasteiger partial charge in [0.1, 0.15) is 0 Å². The van der Waals surface area contributed by atoms with Gasteiger partial charge < -0.3 is 11.1 Å². The Morgan fingerprint density at radius 3 is 2.44 bits per heavy atom. The molecule has 16 heavy (non-hydrogen) atoms. The van der Waals surface area contributed by atoms with Crippen molar-refractivity contribution in [2.24, 2.45) is 17.6 Å². The summed E-state index contributed by atoms with van der Waals surface area (Å²) in [6, 6.07) is 0.257. The summed E-state index contributed by atoms with van der Waals surface area (Å²) in [6.45, 7) is 0.893. The van der Waals surface area contributed by atoms with Crippen LogP contribution in [0, 0.1) is 11.8 Å². The maximum Gasteiger partial charge on any atom is 0.223 e. The maximum absolute atomic E-state index is 11.8. The quantitative estimate of drug-likeness (QED) is 0.799. The molecule has 2 fully saturated rings. The summed E-state index contributed by atoms with van der Waals surface area (Å²) in [6.07, 6.45) is 8.16. The van der Waals surface area contributed by atoms with Crippen LogP contribution in [0.15, 0.2) is 0 Å². The molecule has 0 heterocycles. The van der Waals surface area contributed by atoms with Crippen LogP contribution in [0.25, 0.3) is 0 Å². The van der Waals surface area contributed by atoms with Crippen molar-refractivity contribution in [3.8, 4) is 0 Å². The zero-order valence-corrected chi connectivity index (χ0v) is 10.6. The molecule has 2 atom stereocenters. The molecule has 0 aliphatic heterocycles. The third kappa shape index (κ3) is 3.63. The lowest BCUT2D eigenvalue weighted by Crippen LogP contribution is -2.33. The fraction of sp³-hybridized carbons (Fsp3) is 0.917. The average Bonchev–Trinajstić information content (AvgIpc) is 2.84. The van der Waals surface area contributed by atoms with Crippen molar-refractivity contribution in [3.63, 3.8) is 0 Å². The first kappa shape index (κ1) is 13.8. The standard InChI is InChI=1S/C12H22N2O.ClH/c13-11-6-5-10(7-11)12(15)14-8-9-3-1-2-4-9;/h9-11H,1-8,13H2,(H,14,15);1H. The van der Waals surface area contributed by atoms with Crippen LogP contribution in [0.3, 0.4) is 0 Å². The van der Waals surface area contributed by atoms with Gasteiger partial charge in [-0.2, -0.15) is 0 Å². The van der Waals surface area contributed by atoms with Gasteiger partial charge in [-0.3, -0.25) is 4.79 Å². The second-order valence-electron chi connectivity index (χ2n) is 5.17. The number of carbonyl (C=O) groups is 1. The lowest BCUT2D eigenvalue weighted by Gasteiger charge is -2.14. The molecule has 0 bridgehead atoms. The number of nitrogens with two attached hydrogens (primary N) is 1. The minimum atomic E-state index is 0. The first-order chi connectivity index (χ1) is 7.25. The Labute approximate surface area is 104 Å². The van der Waals surface area contributed by atoms with Crippen molar-refractivity contribution < 1.29 is 4.79 Å². The van der Waals surface area contributed by atoms with Gasteiger partial charge >= 0.3 is 0 Å². The molecule has 0 aromatic carbocycles. The molecule has 2 aliphatic carbocycles. The molecule has 4 heteroatoms. The van der Waals surface area contributed by atoms with Gasteiger partial charge in [0, 0.05) is 18.5 Å². The first-order valence-corrected chi connectivity index (χ1v) is 6.29. The molecule has 0 saturated heterocycles. The molecule has 2 aliphatic rings. The molecule has 3 nitrogen and oxygen atoms in total. The molecule has 1 amide bonds. The lowest BCUT2D eigenvalue weighted by molar-refractivity contribution is -0.125. The fourth-order valence-electron chi connectivity index (χ4n) is 2.86. The SMILES string of the molecule is Cl.NC1CCC(C(=O)NCC2CCCC2)C1. The van der Waals surface area contributed by atoms with Crippen molar-refractivity contribution in [2.45, 2.75) is 51.0 Å². The van der Waals surface area contributed by atoms with Gasteiger partial charge in [0.25, 0.3) is 0 Å². The number of nitrogens with one attached hydrogen (secondary N) is 1. The summed E-state index contributed by atoms with van der Waals surface area (Å²) >= 11 is 0. The molecule has 2 unspecified atom stereocenters. The van der Waals surface area contributed by atoms with Gasteiger partial charge in [0.05, 0.1) is 0 Å².